The predicted octanol–water partition coefficient (Wildman–Crippen LogP) is 4.30. The van der Waals surface area contributed by atoms with Crippen LogP contribution in [0.2, 0.25) is 0 Å². The van der Waals surface area contributed by atoms with Crippen LogP contribution in [0.15, 0.2) is 15.3 Å². The Labute approximate surface area is 101 Å². The van der Waals surface area contributed by atoms with Crippen LogP contribution in [0.5, 0.6) is 0 Å². The van der Waals surface area contributed by atoms with Gasteiger partial charge in [-0.25, -0.2) is 0 Å². The molecule has 4 heteroatoms. The number of nitrogens with zero attached hydrogens (tertiary/aromatic N) is 2. The highest BCUT2D eigenvalue weighted by Gasteiger charge is 2.17. The molecule has 0 aliphatic heterocycles. The molecule has 0 amide bonds. The average Bonchev–Trinajstić information content (AvgIpc) is 2.43. The molecule has 0 bridgehead atoms. The van der Waals surface area contributed by atoms with Crippen molar-refractivity contribution in [1.29, 1.82) is 0 Å². The van der Waals surface area contributed by atoms with Crippen molar-refractivity contribution in [3.8, 4) is 0 Å². The van der Waals surface area contributed by atoms with Crippen molar-refractivity contribution in [2.45, 2.75) is 44.6 Å². The van der Waals surface area contributed by atoms with E-state index in [2.05, 4.69) is 41.6 Å². The second kappa shape index (κ2) is 4.79. The molecule has 0 N–H and O–H groups in total. The lowest BCUT2D eigenvalue weighted by molar-refractivity contribution is 0.398. The Balaban J connectivity index is 2.15. The Morgan fingerprint density at radius 2 is 1.79 bits per heavy atom. The van der Waals surface area contributed by atoms with Crippen LogP contribution < -0.4 is 0 Å². The van der Waals surface area contributed by atoms with Crippen LogP contribution in [0.1, 0.15) is 44.6 Å². The van der Waals surface area contributed by atoms with E-state index in [-0.39, 0.29) is 0 Å². The van der Waals surface area contributed by atoms with Gasteiger partial charge in [0, 0.05) is 6.07 Å². The highest BCUT2D eigenvalue weighted by atomic mass is 79.9. The van der Waals surface area contributed by atoms with Crippen LogP contribution in [0.4, 0.5) is 0 Å². The van der Waals surface area contributed by atoms with Crippen molar-refractivity contribution in [2.75, 3.05) is 0 Å². The van der Waals surface area contributed by atoms with Gasteiger partial charge >= 0.3 is 0 Å². The summed E-state index contributed by atoms with van der Waals surface area (Å²) in [6.45, 7) is 0. The highest BCUT2D eigenvalue weighted by molar-refractivity contribution is 9.11. The van der Waals surface area contributed by atoms with Gasteiger partial charge < -0.3 is 0 Å². The molecule has 14 heavy (non-hydrogen) atoms. The molecular weight excluding hydrogens is 308 g/mol. The second-order valence-corrected chi connectivity index (χ2v) is 5.50. The summed E-state index contributed by atoms with van der Waals surface area (Å²) in [4.78, 5) is 0. The lowest BCUT2D eigenvalue weighted by Crippen LogP contribution is -2.09. The standard InChI is InChI=1S/C10H14Br2N2/c11-9-7-10(12)14(13-9)8-5-3-1-2-4-6-8/h7-8H,1-6H2. The summed E-state index contributed by atoms with van der Waals surface area (Å²) in [5, 5.41) is 4.46. The van der Waals surface area contributed by atoms with Gasteiger partial charge in [0.25, 0.3) is 0 Å². The van der Waals surface area contributed by atoms with Gasteiger partial charge in [-0.15, -0.1) is 0 Å². The minimum Gasteiger partial charge on any atom is -0.254 e. The number of rotatable bonds is 1. The van der Waals surface area contributed by atoms with Crippen LogP contribution in [-0.4, -0.2) is 9.78 Å². The van der Waals surface area contributed by atoms with E-state index in [1.54, 1.807) is 0 Å². The smallest absolute Gasteiger partial charge is 0.129 e. The Morgan fingerprint density at radius 1 is 1.14 bits per heavy atom. The molecule has 78 valence electrons. The first-order chi connectivity index (χ1) is 6.77. The molecular formula is C10H14Br2N2. The first-order valence-corrected chi connectivity index (χ1v) is 6.76. The van der Waals surface area contributed by atoms with E-state index < -0.39 is 0 Å². The summed E-state index contributed by atoms with van der Waals surface area (Å²) < 4.78 is 4.14. The van der Waals surface area contributed by atoms with Crippen molar-refractivity contribution in [1.82, 2.24) is 9.78 Å². The summed E-state index contributed by atoms with van der Waals surface area (Å²) in [5.41, 5.74) is 0. The lowest BCUT2D eigenvalue weighted by atomic mass is 10.1. The minimum atomic E-state index is 0.596. The monoisotopic (exact) mass is 320 g/mol. The molecule has 1 fully saturated rings. The van der Waals surface area contributed by atoms with E-state index in [4.69, 9.17) is 0 Å². The predicted molar refractivity (Wildman–Crippen MR) is 64.4 cm³/mol. The fourth-order valence-corrected chi connectivity index (χ4v) is 3.38. The van der Waals surface area contributed by atoms with Crippen molar-refractivity contribution >= 4 is 31.9 Å². The fraction of sp³-hybridized carbons (Fsp3) is 0.700. The summed E-state index contributed by atoms with van der Waals surface area (Å²) in [5.74, 6) is 0. The molecule has 1 saturated carbocycles. The van der Waals surface area contributed by atoms with Gasteiger partial charge in [0.2, 0.25) is 0 Å². The zero-order valence-corrected chi connectivity index (χ0v) is 11.2. The van der Waals surface area contributed by atoms with Crippen LogP contribution in [-0.2, 0) is 0 Å². The van der Waals surface area contributed by atoms with E-state index in [1.807, 2.05) is 6.07 Å². The number of halogens is 2. The molecule has 1 heterocycles. The maximum absolute atomic E-state index is 4.46. The van der Waals surface area contributed by atoms with Gasteiger partial charge in [-0.2, -0.15) is 5.10 Å². The maximum Gasteiger partial charge on any atom is 0.129 e. The molecule has 0 unspecified atom stereocenters. The van der Waals surface area contributed by atoms with Gasteiger partial charge in [0.1, 0.15) is 9.21 Å². The van der Waals surface area contributed by atoms with Crippen molar-refractivity contribution < 1.29 is 0 Å². The zero-order chi connectivity index (χ0) is 9.97. The number of hydrogen-bond donors (Lipinski definition) is 0. The van der Waals surface area contributed by atoms with Gasteiger partial charge in [0.05, 0.1) is 6.04 Å². The minimum absolute atomic E-state index is 0.596. The van der Waals surface area contributed by atoms with Crippen LogP contribution in [0, 0.1) is 0 Å². The van der Waals surface area contributed by atoms with Crippen LogP contribution in [0.3, 0.4) is 0 Å². The average molecular weight is 322 g/mol. The molecule has 0 saturated heterocycles. The van der Waals surface area contributed by atoms with Crippen molar-refractivity contribution in [2.24, 2.45) is 0 Å². The Kier molecular flexibility index (Phi) is 3.66. The van der Waals surface area contributed by atoms with E-state index in [1.165, 1.54) is 38.5 Å². The van der Waals surface area contributed by atoms with Crippen LogP contribution >= 0.6 is 31.9 Å². The molecule has 1 aliphatic carbocycles. The molecule has 2 nitrogen and oxygen atoms in total. The Hall–Kier alpha value is 0.170. The zero-order valence-electron chi connectivity index (χ0n) is 8.05. The number of hydrogen-bond acceptors (Lipinski definition) is 1. The van der Waals surface area contributed by atoms with Crippen molar-refractivity contribution in [3.05, 3.63) is 15.3 Å². The normalized spacial score (nSPS) is 19.6. The molecule has 0 spiro atoms. The summed E-state index contributed by atoms with van der Waals surface area (Å²) in [6, 6.07) is 2.61. The molecule has 1 aromatic heterocycles. The first kappa shape index (κ1) is 10.7. The lowest BCUT2D eigenvalue weighted by Gasteiger charge is -2.15. The highest BCUT2D eigenvalue weighted by Crippen LogP contribution is 2.30. The maximum atomic E-state index is 4.46. The third-order valence-corrected chi connectivity index (χ3v) is 3.81. The van der Waals surface area contributed by atoms with E-state index in [0.717, 1.165) is 9.21 Å². The topological polar surface area (TPSA) is 17.8 Å². The van der Waals surface area contributed by atoms with Gasteiger partial charge in [-0.05, 0) is 44.7 Å². The third-order valence-electron chi connectivity index (χ3n) is 2.83. The Bertz CT molecular complexity index is 301. The second-order valence-electron chi connectivity index (χ2n) is 3.88. The molecule has 1 aromatic rings. The van der Waals surface area contributed by atoms with Crippen molar-refractivity contribution in [3.63, 3.8) is 0 Å². The van der Waals surface area contributed by atoms with Gasteiger partial charge in [-0.1, -0.05) is 25.7 Å². The molecule has 1 aliphatic rings. The van der Waals surface area contributed by atoms with Crippen LogP contribution in [0.25, 0.3) is 0 Å². The van der Waals surface area contributed by atoms with E-state index in [9.17, 15) is 0 Å². The fourth-order valence-electron chi connectivity index (χ4n) is 2.10. The molecule has 2 rings (SSSR count). The molecule has 0 atom stereocenters. The summed E-state index contributed by atoms with van der Waals surface area (Å²) in [7, 11) is 0. The Morgan fingerprint density at radius 3 is 2.29 bits per heavy atom. The van der Waals surface area contributed by atoms with E-state index >= 15 is 0 Å². The van der Waals surface area contributed by atoms with E-state index in [0.29, 0.717) is 6.04 Å². The summed E-state index contributed by atoms with van der Waals surface area (Å²) >= 11 is 6.96. The largest absolute Gasteiger partial charge is 0.254 e. The molecule has 0 radical (unpaired) electrons. The van der Waals surface area contributed by atoms with Gasteiger partial charge in [-0.3, -0.25) is 4.68 Å². The summed E-state index contributed by atoms with van der Waals surface area (Å²) in [6.07, 6.45) is 8.00. The number of aromatic nitrogens is 2. The molecule has 0 aromatic carbocycles. The first-order valence-electron chi connectivity index (χ1n) is 5.18. The van der Waals surface area contributed by atoms with Gasteiger partial charge in [0.15, 0.2) is 0 Å². The quantitative estimate of drug-likeness (QED) is 0.705. The third kappa shape index (κ3) is 2.40. The SMILES string of the molecule is Brc1cc(Br)n(C2CCCCCC2)n1.